The van der Waals surface area contributed by atoms with Gasteiger partial charge in [-0.3, -0.25) is 14.5 Å². The molecule has 0 unspecified atom stereocenters. The molecule has 1 aliphatic rings. The summed E-state index contributed by atoms with van der Waals surface area (Å²) in [6, 6.07) is 10.0. The van der Waals surface area contributed by atoms with Crippen molar-refractivity contribution < 1.29 is 9.59 Å². The molecule has 23 heavy (non-hydrogen) atoms. The summed E-state index contributed by atoms with van der Waals surface area (Å²) in [5.74, 6) is -0.245. The Morgan fingerprint density at radius 3 is 2.48 bits per heavy atom. The number of imide groups is 1. The second kappa shape index (κ2) is 6.02. The number of likely N-dealkylation sites (N-methyl/N-ethyl adjacent to an activating group) is 1. The van der Waals surface area contributed by atoms with Crippen LogP contribution in [0.4, 0.5) is 4.79 Å². The van der Waals surface area contributed by atoms with Gasteiger partial charge in [0.05, 0.1) is 10.6 Å². The van der Waals surface area contributed by atoms with Crippen molar-refractivity contribution in [3.8, 4) is 5.69 Å². The van der Waals surface area contributed by atoms with Crippen LogP contribution in [0.2, 0.25) is 0 Å². The van der Waals surface area contributed by atoms with Crippen LogP contribution in [0.25, 0.3) is 11.8 Å². The van der Waals surface area contributed by atoms with Crippen LogP contribution in [0, 0.1) is 13.8 Å². The third-order valence-corrected chi connectivity index (χ3v) is 5.47. The van der Waals surface area contributed by atoms with Gasteiger partial charge in [-0.1, -0.05) is 12.1 Å². The monoisotopic (exact) mass is 390 g/mol. The molecule has 0 spiro atoms. The van der Waals surface area contributed by atoms with E-state index >= 15 is 0 Å². The number of aryl methyl sites for hydroxylation is 1. The number of halogens is 1. The average Bonchev–Trinajstić information content (AvgIpc) is 2.92. The van der Waals surface area contributed by atoms with Gasteiger partial charge in [0.2, 0.25) is 0 Å². The van der Waals surface area contributed by atoms with Crippen LogP contribution < -0.4 is 0 Å². The van der Waals surface area contributed by atoms with Gasteiger partial charge in [0.1, 0.15) is 0 Å². The fraction of sp³-hybridized carbons (Fsp3) is 0.176. The molecule has 1 aliphatic heterocycles. The number of carbonyl (C=O) groups excluding carboxylic acids is 2. The Hall–Kier alpha value is -1.79. The van der Waals surface area contributed by atoms with Crippen LogP contribution in [-0.2, 0) is 4.79 Å². The molecule has 2 aromatic rings. The van der Waals surface area contributed by atoms with Gasteiger partial charge in [0.25, 0.3) is 11.1 Å². The lowest BCUT2D eigenvalue weighted by Crippen LogP contribution is -2.22. The number of hydrogen-bond donors (Lipinski definition) is 0. The Kier molecular flexibility index (Phi) is 4.21. The summed E-state index contributed by atoms with van der Waals surface area (Å²) in [4.78, 5) is 25.3. The molecule has 118 valence electrons. The highest BCUT2D eigenvalue weighted by molar-refractivity contribution is 9.10. The van der Waals surface area contributed by atoms with Crippen molar-refractivity contribution >= 4 is 44.9 Å². The van der Waals surface area contributed by atoms with Gasteiger partial charge < -0.3 is 4.57 Å². The molecule has 3 rings (SSSR count). The van der Waals surface area contributed by atoms with Gasteiger partial charge in [-0.25, -0.2) is 0 Å². The van der Waals surface area contributed by atoms with Crippen LogP contribution in [0.15, 0.2) is 39.7 Å². The van der Waals surface area contributed by atoms with E-state index in [2.05, 4.69) is 20.5 Å². The van der Waals surface area contributed by atoms with Crippen LogP contribution in [-0.4, -0.2) is 27.7 Å². The normalized spacial score (nSPS) is 16.7. The highest BCUT2D eigenvalue weighted by Gasteiger charge is 2.32. The molecule has 0 atom stereocenters. The molecule has 6 heteroatoms. The zero-order chi connectivity index (χ0) is 16.7. The zero-order valence-corrected chi connectivity index (χ0v) is 15.4. The van der Waals surface area contributed by atoms with E-state index < -0.39 is 0 Å². The number of amides is 2. The molecular weight excluding hydrogens is 376 g/mol. The van der Waals surface area contributed by atoms with E-state index in [4.69, 9.17) is 0 Å². The standard InChI is InChI=1S/C17H15BrN2O2S/c1-10-8-12(9-15-16(21)19(3)17(22)23-15)11(2)20(10)14-7-5-4-6-13(14)18/h4-9H,1-3H3/b15-9-. The fourth-order valence-corrected chi connectivity index (χ4v) is 3.90. The van der Waals surface area contributed by atoms with Crippen LogP contribution in [0.5, 0.6) is 0 Å². The van der Waals surface area contributed by atoms with Gasteiger partial charge in [-0.15, -0.1) is 0 Å². The lowest BCUT2D eigenvalue weighted by molar-refractivity contribution is -0.121. The maximum absolute atomic E-state index is 12.0. The number of thioether (sulfide) groups is 1. The minimum atomic E-state index is -0.245. The number of aromatic nitrogens is 1. The third kappa shape index (κ3) is 2.77. The molecule has 1 aromatic carbocycles. The van der Waals surface area contributed by atoms with E-state index in [1.165, 1.54) is 7.05 Å². The summed E-state index contributed by atoms with van der Waals surface area (Å²) in [6.45, 7) is 4.03. The minimum absolute atomic E-state index is 0.235. The van der Waals surface area contributed by atoms with Crippen molar-refractivity contribution in [1.29, 1.82) is 0 Å². The summed E-state index contributed by atoms with van der Waals surface area (Å²) in [6.07, 6.45) is 1.80. The lowest BCUT2D eigenvalue weighted by Gasteiger charge is -2.11. The van der Waals surface area contributed by atoms with Crippen molar-refractivity contribution in [2.24, 2.45) is 0 Å². The van der Waals surface area contributed by atoms with Crippen LogP contribution >= 0.6 is 27.7 Å². The second-order valence-corrected chi connectivity index (χ2v) is 7.20. The molecule has 0 radical (unpaired) electrons. The molecule has 0 bridgehead atoms. The van der Waals surface area contributed by atoms with Crippen molar-refractivity contribution in [1.82, 2.24) is 9.47 Å². The lowest BCUT2D eigenvalue weighted by atomic mass is 10.2. The number of nitrogens with zero attached hydrogens (tertiary/aromatic N) is 2. The highest BCUT2D eigenvalue weighted by atomic mass is 79.9. The quantitative estimate of drug-likeness (QED) is 0.707. The van der Waals surface area contributed by atoms with E-state index in [9.17, 15) is 9.59 Å². The first kappa shape index (κ1) is 16.1. The van der Waals surface area contributed by atoms with Gasteiger partial charge >= 0.3 is 0 Å². The Morgan fingerprint density at radius 1 is 1.17 bits per heavy atom. The Balaban J connectivity index is 2.08. The molecule has 1 saturated heterocycles. The smallest absolute Gasteiger partial charge is 0.293 e. The average molecular weight is 391 g/mol. The van der Waals surface area contributed by atoms with E-state index in [0.29, 0.717) is 4.91 Å². The second-order valence-electron chi connectivity index (χ2n) is 5.35. The largest absolute Gasteiger partial charge is 0.317 e. The number of carbonyl (C=O) groups is 2. The van der Waals surface area contributed by atoms with Crippen molar-refractivity contribution in [2.75, 3.05) is 7.05 Å². The molecule has 4 nitrogen and oxygen atoms in total. The third-order valence-electron chi connectivity index (χ3n) is 3.84. The summed E-state index contributed by atoms with van der Waals surface area (Å²) < 4.78 is 3.13. The van der Waals surface area contributed by atoms with E-state index in [1.807, 2.05) is 44.2 Å². The van der Waals surface area contributed by atoms with Crippen molar-refractivity contribution in [3.05, 3.63) is 56.7 Å². The number of para-hydroxylation sites is 1. The maximum Gasteiger partial charge on any atom is 0.293 e. The maximum atomic E-state index is 12.0. The Morgan fingerprint density at radius 2 is 1.87 bits per heavy atom. The van der Waals surface area contributed by atoms with Crippen molar-refractivity contribution in [3.63, 3.8) is 0 Å². The molecular formula is C17H15BrN2O2S. The topological polar surface area (TPSA) is 42.3 Å². The highest BCUT2D eigenvalue weighted by Crippen LogP contribution is 2.33. The molecule has 2 heterocycles. The SMILES string of the molecule is Cc1cc(/C=C2\SC(=O)N(C)C2=O)c(C)n1-c1ccccc1Br. The molecule has 0 N–H and O–H groups in total. The summed E-state index contributed by atoms with van der Waals surface area (Å²) in [7, 11) is 1.50. The first-order chi connectivity index (χ1) is 10.9. The molecule has 2 amide bonds. The molecule has 1 fully saturated rings. The Labute approximate surface area is 147 Å². The molecule has 0 saturated carbocycles. The predicted molar refractivity (Wildman–Crippen MR) is 96.7 cm³/mol. The van der Waals surface area contributed by atoms with Crippen LogP contribution in [0.1, 0.15) is 17.0 Å². The Bertz CT molecular complexity index is 854. The van der Waals surface area contributed by atoms with Gasteiger partial charge in [-0.05, 0) is 71.4 Å². The minimum Gasteiger partial charge on any atom is -0.317 e. The van der Waals surface area contributed by atoms with E-state index in [1.54, 1.807) is 6.08 Å². The van der Waals surface area contributed by atoms with Gasteiger partial charge in [0, 0.05) is 22.9 Å². The van der Waals surface area contributed by atoms with Crippen LogP contribution in [0.3, 0.4) is 0 Å². The van der Waals surface area contributed by atoms with Crippen molar-refractivity contribution in [2.45, 2.75) is 13.8 Å². The summed E-state index contributed by atoms with van der Waals surface area (Å²) >= 11 is 4.56. The summed E-state index contributed by atoms with van der Waals surface area (Å²) in [5, 5.41) is -0.235. The van der Waals surface area contributed by atoms with E-state index in [0.717, 1.165) is 43.8 Å². The summed E-state index contributed by atoms with van der Waals surface area (Å²) in [5.41, 5.74) is 4.08. The molecule has 1 aromatic heterocycles. The van der Waals surface area contributed by atoms with Gasteiger partial charge in [0.15, 0.2) is 0 Å². The van der Waals surface area contributed by atoms with E-state index in [-0.39, 0.29) is 11.1 Å². The number of hydrogen-bond acceptors (Lipinski definition) is 3. The first-order valence-electron chi connectivity index (χ1n) is 7.05. The zero-order valence-electron chi connectivity index (χ0n) is 13.0. The van der Waals surface area contributed by atoms with Gasteiger partial charge in [-0.2, -0.15) is 0 Å². The molecule has 0 aliphatic carbocycles. The number of rotatable bonds is 2. The first-order valence-corrected chi connectivity index (χ1v) is 8.66. The predicted octanol–water partition coefficient (Wildman–Crippen LogP) is 4.52. The number of benzene rings is 1. The fourth-order valence-electron chi connectivity index (χ4n) is 2.62.